The van der Waals surface area contributed by atoms with Gasteiger partial charge in [0, 0.05) is 19.1 Å². The predicted molar refractivity (Wildman–Crippen MR) is 67.4 cm³/mol. The van der Waals surface area contributed by atoms with Gasteiger partial charge in [-0.1, -0.05) is 0 Å². The van der Waals surface area contributed by atoms with Crippen molar-refractivity contribution in [1.29, 1.82) is 0 Å². The zero-order chi connectivity index (χ0) is 12.2. The van der Waals surface area contributed by atoms with Gasteiger partial charge in [-0.15, -0.1) is 0 Å². The Morgan fingerprint density at radius 2 is 2.12 bits per heavy atom. The Morgan fingerprint density at radius 1 is 1.44 bits per heavy atom. The van der Waals surface area contributed by atoms with Gasteiger partial charge < -0.3 is 10.2 Å². The van der Waals surface area contributed by atoms with Crippen molar-refractivity contribution in [3.8, 4) is 0 Å². The molecular weight excluding hydrogens is 224 g/mol. The normalized spacial score (nSPS) is 22.2. The van der Waals surface area contributed by atoms with Crippen molar-refractivity contribution in [3.63, 3.8) is 0 Å². The first-order chi connectivity index (χ1) is 7.42. The molecule has 1 aliphatic rings. The molecule has 1 saturated heterocycles. The van der Waals surface area contributed by atoms with Gasteiger partial charge in [0.15, 0.2) is 9.84 Å². The van der Waals surface area contributed by atoms with E-state index in [1.165, 1.54) is 12.8 Å². The van der Waals surface area contributed by atoms with Crippen molar-refractivity contribution in [1.82, 2.24) is 10.2 Å². The van der Waals surface area contributed by atoms with Gasteiger partial charge in [-0.05, 0) is 40.3 Å². The van der Waals surface area contributed by atoms with Crippen LogP contribution in [-0.2, 0) is 9.84 Å². The molecule has 0 radical (unpaired) electrons. The third-order valence-corrected chi connectivity index (χ3v) is 5.36. The van der Waals surface area contributed by atoms with Crippen LogP contribution in [0, 0.1) is 0 Å². The highest BCUT2D eigenvalue weighted by atomic mass is 32.2. The maximum Gasteiger partial charge on any atom is 0.153 e. The minimum Gasteiger partial charge on any atom is -0.313 e. The van der Waals surface area contributed by atoms with Gasteiger partial charge in [-0.3, -0.25) is 0 Å². The molecule has 1 atom stereocenters. The first-order valence-electron chi connectivity index (χ1n) is 6.05. The predicted octanol–water partition coefficient (Wildman–Crippen LogP) is 0.493. The molecule has 0 bridgehead atoms. The quantitative estimate of drug-likeness (QED) is 0.743. The average molecular weight is 248 g/mol. The molecule has 0 spiro atoms. The van der Waals surface area contributed by atoms with E-state index in [1.807, 2.05) is 7.05 Å². The van der Waals surface area contributed by atoms with Crippen LogP contribution >= 0.6 is 0 Å². The van der Waals surface area contributed by atoms with Gasteiger partial charge in [0.2, 0.25) is 0 Å². The highest BCUT2D eigenvalue weighted by Crippen LogP contribution is 2.07. The Kier molecular flexibility index (Phi) is 5.21. The zero-order valence-electron chi connectivity index (χ0n) is 10.6. The molecule has 16 heavy (non-hydrogen) atoms. The Labute approximate surface area is 99.3 Å². The minimum absolute atomic E-state index is 0.259. The fourth-order valence-electron chi connectivity index (χ4n) is 1.90. The zero-order valence-corrected chi connectivity index (χ0v) is 11.4. The van der Waals surface area contributed by atoms with Crippen LogP contribution in [0.15, 0.2) is 0 Å². The third kappa shape index (κ3) is 4.39. The number of hydrogen-bond donors (Lipinski definition) is 1. The lowest BCUT2D eigenvalue weighted by molar-refractivity contribution is 0.315. The van der Waals surface area contributed by atoms with Crippen molar-refractivity contribution >= 4 is 9.84 Å². The van der Waals surface area contributed by atoms with Crippen LogP contribution in [0.2, 0.25) is 0 Å². The molecular formula is C11H24N2O2S. The Morgan fingerprint density at radius 3 is 2.62 bits per heavy atom. The SMILES string of the molecule is CC(C)S(=O)(=O)CCN(C)CC1CCCN1. The summed E-state index contributed by atoms with van der Waals surface area (Å²) in [4.78, 5) is 2.11. The van der Waals surface area contributed by atoms with Crippen molar-refractivity contribution < 1.29 is 8.42 Å². The van der Waals surface area contributed by atoms with E-state index in [2.05, 4.69) is 10.2 Å². The molecule has 0 aromatic rings. The largest absolute Gasteiger partial charge is 0.313 e. The molecule has 1 heterocycles. The van der Waals surface area contributed by atoms with E-state index in [4.69, 9.17) is 0 Å². The van der Waals surface area contributed by atoms with E-state index in [0.717, 1.165) is 13.1 Å². The second kappa shape index (κ2) is 5.98. The lowest BCUT2D eigenvalue weighted by atomic mass is 10.2. The molecule has 1 fully saturated rings. The Hall–Kier alpha value is -0.130. The van der Waals surface area contributed by atoms with Gasteiger partial charge >= 0.3 is 0 Å². The highest BCUT2D eigenvalue weighted by Gasteiger charge is 2.19. The molecule has 1 unspecified atom stereocenters. The number of likely N-dealkylation sites (N-methyl/N-ethyl adjacent to an activating group) is 1. The van der Waals surface area contributed by atoms with Crippen LogP contribution in [0.4, 0.5) is 0 Å². The Bertz CT molecular complexity index is 295. The van der Waals surface area contributed by atoms with Crippen LogP contribution in [0.3, 0.4) is 0 Å². The molecule has 96 valence electrons. The van der Waals surface area contributed by atoms with Crippen molar-refractivity contribution in [2.24, 2.45) is 0 Å². The summed E-state index contributed by atoms with van der Waals surface area (Å²) < 4.78 is 23.3. The molecule has 1 aliphatic heterocycles. The Balaban J connectivity index is 2.26. The number of nitrogens with one attached hydrogen (secondary N) is 1. The molecule has 0 amide bonds. The standard InChI is InChI=1S/C11H24N2O2S/c1-10(2)16(14,15)8-7-13(3)9-11-5-4-6-12-11/h10-12H,4-9H2,1-3H3. The molecule has 1 N–H and O–H groups in total. The van der Waals surface area contributed by atoms with Gasteiger partial charge in [0.1, 0.15) is 0 Å². The smallest absolute Gasteiger partial charge is 0.153 e. The van der Waals surface area contributed by atoms with Crippen molar-refractivity contribution in [2.75, 3.05) is 32.4 Å². The second-order valence-electron chi connectivity index (χ2n) is 4.97. The van der Waals surface area contributed by atoms with E-state index in [0.29, 0.717) is 12.6 Å². The summed E-state index contributed by atoms with van der Waals surface area (Å²) in [6.45, 7) is 6.18. The maximum absolute atomic E-state index is 11.6. The summed E-state index contributed by atoms with van der Waals surface area (Å²) in [5.41, 5.74) is 0. The number of rotatable bonds is 6. The van der Waals surface area contributed by atoms with Crippen LogP contribution in [0.25, 0.3) is 0 Å². The van der Waals surface area contributed by atoms with Gasteiger partial charge in [-0.2, -0.15) is 0 Å². The average Bonchev–Trinajstić information content (AvgIpc) is 2.67. The van der Waals surface area contributed by atoms with Gasteiger partial charge in [0.05, 0.1) is 11.0 Å². The van der Waals surface area contributed by atoms with Crippen molar-refractivity contribution in [3.05, 3.63) is 0 Å². The van der Waals surface area contributed by atoms with E-state index in [-0.39, 0.29) is 11.0 Å². The molecule has 1 rings (SSSR count). The minimum atomic E-state index is -2.89. The lowest BCUT2D eigenvalue weighted by Crippen LogP contribution is -2.38. The van der Waals surface area contributed by atoms with E-state index < -0.39 is 9.84 Å². The third-order valence-electron chi connectivity index (χ3n) is 3.17. The first kappa shape index (κ1) is 13.9. The first-order valence-corrected chi connectivity index (χ1v) is 7.77. The number of nitrogens with zero attached hydrogens (tertiary/aromatic N) is 1. The van der Waals surface area contributed by atoms with Crippen LogP contribution < -0.4 is 5.32 Å². The molecule has 0 aromatic carbocycles. The van der Waals surface area contributed by atoms with E-state index >= 15 is 0 Å². The monoisotopic (exact) mass is 248 g/mol. The van der Waals surface area contributed by atoms with Crippen LogP contribution in [0.5, 0.6) is 0 Å². The second-order valence-corrected chi connectivity index (χ2v) is 7.65. The maximum atomic E-state index is 11.6. The molecule has 0 aliphatic carbocycles. The summed E-state index contributed by atoms with van der Waals surface area (Å²) in [7, 11) is -0.893. The van der Waals surface area contributed by atoms with Crippen LogP contribution in [0.1, 0.15) is 26.7 Å². The number of hydrogen-bond acceptors (Lipinski definition) is 4. The summed E-state index contributed by atoms with van der Waals surface area (Å²) in [5.74, 6) is 0.272. The van der Waals surface area contributed by atoms with E-state index in [1.54, 1.807) is 13.8 Å². The molecule has 0 aromatic heterocycles. The highest BCUT2D eigenvalue weighted by molar-refractivity contribution is 7.92. The summed E-state index contributed by atoms with van der Waals surface area (Å²) in [5, 5.41) is 3.16. The molecule has 0 saturated carbocycles. The van der Waals surface area contributed by atoms with Gasteiger partial charge in [0.25, 0.3) is 0 Å². The molecule has 5 heteroatoms. The molecule has 4 nitrogen and oxygen atoms in total. The number of sulfone groups is 1. The van der Waals surface area contributed by atoms with Crippen LogP contribution in [-0.4, -0.2) is 57.0 Å². The lowest BCUT2D eigenvalue weighted by Gasteiger charge is -2.21. The summed E-state index contributed by atoms with van der Waals surface area (Å²) >= 11 is 0. The van der Waals surface area contributed by atoms with E-state index in [9.17, 15) is 8.42 Å². The summed E-state index contributed by atoms with van der Waals surface area (Å²) in [6, 6.07) is 0.548. The summed E-state index contributed by atoms with van der Waals surface area (Å²) in [6.07, 6.45) is 2.45. The topological polar surface area (TPSA) is 49.4 Å². The van der Waals surface area contributed by atoms with Crippen molar-refractivity contribution in [2.45, 2.75) is 38.0 Å². The fraction of sp³-hybridized carbons (Fsp3) is 1.00. The fourth-order valence-corrected chi connectivity index (χ4v) is 2.94. The van der Waals surface area contributed by atoms with Gasteiger partial charge in [-0.25, -0.2) is 8.42 Å².